The fraction of sp³-hybridized carbons (Fsp3) is 0.875. The lowest BCUT2D eigenvalue weighted by Crippen LogP contribution is -2.28. The molecule has 3 atom stereocenters. The lowest BCUT2D eigenvalue weighted by molar-refractivity contribution is -0.108. The summed E-state index contributed by atoms with van der Waals surface area (Å²) >= 11 is 0. The van der Waals surface area contributed by atoms with E-state index < -0.39 is 22.3 Å². The SMILES string of the molecule is O=[P+](O)OC1(O[P+](=O)O)CC2=NCCC[C@@H]2C1. The number of hydrogen-bond acceptors (Lipinski definition) is 5. The summed E-state index contributed by atoms with van der Waals surface area (Å²) < 4.78 is 31.2. The standard InChI is InChI=1S/C8H11NO6P2/c10-16(11)14-8(15-17(12)13)4-6-2-1-3-9-7(6)5-8/h6H,1-5H2/p+2/t6-/m1/s1. The molecule has 1 aliphatic heterocycles. The zero-order chi connectivity index (χ0) is 12.5. The maximum Gasteiger partial charge on any atom is 0.697 e. The van der Waals surface area contributed by atoms with Gasteiger partial charge in [0.2, 0.25) is 0 Å². The Labute approximate surface area is 99.7 Å². The minimum absolute atomic E-state index is 0.119. The first-order chi connectivity index (χ1) is 8.01. The predicted octanol–water partition coefficient (Wildman–Crippen LogP) is 1.66. The third-order valence-corrected chi connectivity index (χ3v) is 3.97. The Balaban J connectivity index is 2.18. The largest absolute Gasteiger partial charge is 0.697 e. The molecule has 7 nitrogen and oxygen atoms in total. The third-order valence-electron chi connectivity index (χ3n) is 2.99. The van der Waals surface area contributed by atoms with E-state index in [0.29, 0.717) is 6.42 Å². The molecule has 2 unspecified atom stereocenters. The second-order valence-corrected chi connectivity index (χ2v) is 5.48. The Morgan fingerprint density at radius 2 is 1.94 bits per heavy atom. The molecule has 0 aromatic heterocycles. The second-order valence-electron chi connectivity index (χ2n) is 4.16. The molecular weight excluding hydrogens is 268 g/mol. The van der Waals surface area contributed by atoms with Gasteiger partial charge >= 0.3 is 16.5 Å². The first kappa shape index (κ1) is 13.1. The first-order valence-corrected chi connectivity index (χ1v) is 7.50. The van der Waals surface area contributed by atoms with Gasteiger partial charge in [0.1, 0.15) is 0 Å². The van der Waals surface area contributed by atoms with E-state index in [4.69, 9.17) is 18.8 Å². The van der Waals surface area contributed by atoms with Crippen molar-refractivity contribution in [1.82, 2.24) is 0 Å². The molecule has 0 saturated heterocycles. The fourth-order valence-corrected chi connectivity index (χ4v) is 3.42. The average molecular weight is 281 g/mol. The fourth-order valence-electron chi connectivity index (χ4n) is 2.44. The van der Waals surface area contributed by atoms with Gasteiger partial charge in [-0.1, -0.05) is 9.05 Å². The van der Waals surface area contributed by atoms with E-state index in [-0.39, 0.29) is 12.3 Å². The number of rotatable bonds is 4. The van der Waals surface area contributed by atoms with Gasteiger partial charge in [-0.05, 0) is 12.8 Å². The number of hydrogen-bond donors (Lipinski definition) is 2. The molecule has 1 heterocycles. The average Bonchev–Trinajstić information content (AvgIpc) is 2.52. The summed E-state index contributed by atoms with van der Waals surface area (Å²) in [6.45, 7) is 0.721. The molecule has 0 radical (unpaired) electrons. The molecule has 1 aliphatic carbocycles. The van der Waals surface area contributed by atoms with E-state index in [1.807, 2.05) is 0 Å². The lowest BCUT2D eigenvalue weighted by Gasteiger charge is -2.15. The zero-order valence-corrected chi connectivity index (χ0v) is 10.8. The van der Waals surface area contributed by atoms with Gasteiger partial charge in [-0.15, -0.1) is 9.79 Å². The van der Waals surface area contributed by atoms with Gasteiger partial charge in [-0.3, -0.25) is 4.99 Å². The van der Waals surface area contributed by atoms with Crippen LogP contribution in [-0.4, -0.2) is 27.8 Å². The summed E-state index contributed by atoms with van der Waals surface area (Å²) in [5.74, 6) is -1.35. The summed E-state index contributed by atoms with van der Waals surface area (Å²) in [6.07, 6.45) is 2.33. The van der Waals surface area contributed by atoms with Crippen LogP contribution in [0.3, 0.4) is 0 Å². The van der Waals surface area contributed by atoms with Gasteiger partial charge in [0.05, 0.1) is 0 Å². The van der Waals surface area contributed by atoms with Crippen molar-refractivity contribution in [2.45, 2.75) is 31.5 Å². The zero-order valence-electron chi connectivity index (χ0n) is 8.98. The summed E-state index contributed by atoms with van der Waals surface area (Å²) in [6, 6.07) is 0. The molecule has 1 fully saturated rings. The molecule has 2 rings (SSSR count). The Morgan fingerprint density at radius 1 is 1.29 bits per heavy atom. The molecule has 2 N–H and O–H groups in total. The summed E-state index contributed by atoms with van der Waals surface area (Å²) in [7, 11) is -5.78. The highest BCUT2D eigenvalue weighted by atomic mass is 31.1. The monoisotopic (exact) mass is 281 g/mol. The predicted molar refractivity (Wildman–Crippen MR) is 58.8 cm³/mol. The van der Waals surface area contributed by atoms with Crippen molar-refractivity contribution in [2.75, 3.05) is 6.54 Å². The molecule has 0 amide bonds. The van der Waals surface area contributed by atoms with Gasteiger partial charge in [-0.2, -0.15) is 0 Å². The van der Waals surface area contributed by atoms with E-state index in [0.717, 1.165) is 25.1 Å². The van der Waals surface area contributed by atoms with Crippen LogP contribution >= 0.6 is 16.5 Å². The highest BCUT2D eigenvalue weighted by Crippen LogP contribution is 2.48. The van der Waals surface area contributed by atoms with E-state index >= 15 is 0 Å². The van der Waals surface area contributed by atoms with Crippen LogP contribution in [0.25, 0.3) is 0 Å². The molecule has 1 saturated carbocycles. The van der Waals surface area contributed by atoms with E-state index in [9.17, 15) is 9.13 Å². The van der Waals surface area contributed by atoms with Gasteiger partial charge in [0, 0.05) is 40.1 Å². The second kappa shape index (κ2) is 5.14. The van der Waals surface area contributed by atoms with Crippen molar-refractivity contribution in [3.8, 4) is 0 Å². The van der Waals surface area contributed by atoms with Crippen molar-refractivity contribution < 1.29 is 28.0 Å². The van der Waals surface area contributed by atoms with Crippen LogP contribution in [0, 0.1) is 5.92 Å². The van der Waals surface area contributed by atoms with Crippen LogP contribution in [0.15, 0.2) is 4.99 Å². The van der Waals surface area contributed by atoms with Crippen molar-refractivity contribution in [3.63, 3.8) is 0 Å². The van der Waals surface area contributed by atoms with Crippen molar-refractivity contribution >= 4 is 22.2 Å². The Hall–Kier alpha value is -0.290. The highest BCUT2D eigenvalue weighted by molar-refractivity contribution is 7.33. The molecule has 94 valence electrons. The molecule has 9 heteroatoms. The maximum atomic E-state index is 10.8. The number of nitrogens with zero attached hydrogens (tertiary/aromatic N) is 1. The highest BCUT2D eigenvalue weighted by Gasteiger charge is 2.57. The Morgan fingerprint density at radius 3 is 2.47 bits per heavy atom. The van der Waals surface area contributed by atoms with Gasteiger partial charge in [0.25, 0.3) is 5.79 Å². The molecule has 17 heavy (non-hydrogen) atoms. The number of fused-ring (bicyclic) bond motifs is 1. The van der Waals surface area contributed by atoms with Crippen molar-refractivity contribution in [3.05, 3.63) is 0 Å². The molecular formula is C8H13NO6P2+2. The first-order valence-electron chi connectivity index (χ1n) is 5.24. The molecule has 0 spiro atoms. The Kier molecular flexibility index (Phi) is 3.98. The lowest BCUT2D eigenvalue weighted by atomic mass is 9.97. The van der Waals surface area contributed by atoms with Crippen LogP contribution in [0.5, 0.6) is 0 Å². The Bertz CT molecular complexity index is 368. The van der Waals surface area contributed by atoms with E-state index in [2.05, 4.69) is 4.99 Å². The van der Waals surface area contributed by atoms with Gasteiger partial charge < -0.3 is 0 Å². The van der Waals surface area contributed by atoms with Crippen LogP contribution < -0.4 is 0 Å². The van der Waals surface area contributed by atoms with Crippen LogP contribution in [-0.2, 0) is 18.2 Å². The molecule has 0 aromatic rings. The summed E-state index contributed by atoms with van der Waals surface area (Å²) in [5.41, 5.74) is 0.852. The maximum absolute atomic E-state index is 10.8. The van der Waals surface area contributed by atoms with E-state index in [1.54, 1.807) is 0 Å². The van der Waals surface area contributed by atoms with Crippen LogP contribution in [0.2, 0.25) is 0 Å². The minimum Gasteiger partial charge on any atom is -0.294 e. The minimum atomic E-state index is -2.89. The quantitative estimate of drug-likeness (QED) is 0.599. The molecule has 2 aliphatic rings. The van der Waals surface area contributed by atoms with Crippen molar-refractivity contribution in [1.29, 1.82) is 0 Å². The van der Waals surface area contributed by atoms with Crippen LogP contribution in [0.1, 0.15) is 25.7 Å². The normalized spacial score (nSPS) is 34.0. The third kappa shape index (κ3) is 3.13. The molecule has 0 bridgehead atoms. The summed E-state index contributed by atoms with van der Waals surface area (Å²) in [5, 5.41) is 0. The van der Waals surface area contributed by atoms with Crippen LogP contribution in [0.4, 0.5) is 0 Å². The topological polar surface area (TPSA) is 105 Å². The number of aliphatic imine (C=N–C) groups is 1. The van der Waals surface area contributed by atoms with Crippen molar-refractivity contribution in [2.24, 2.45) is 10.9 Å². The van der Waals surface area contributed by atoms with E-state index in [1.165, 1.54) is 0 Å². The summed E-state index contributed by atoms with van der Waals surface area (Å²) in [4.78, 5) is 21.9. The smallest absolute Gasteiger partial charge is 0.294 e. The van der Waals surface area contributed by atoms with Gasteiger partial charge in [-0.25, -0.2) is 0 Å². The van der Waals surface area contributed by atoms with Gasteiger partial charge in [0.15, 0.2) is 0 Å². The molecule has 0 aromatic carbocycles.